The molecule has 1 amide bonds. The Morgan fingerprint density at radius 3 is 2.54 bits per heavy atom. The molecule has 0 saturated heterocycles. The number of ether oxygens (including phenoxy) is 4. The van der Waals surface area contributed by atoms with Gasteiger partial charge in [-0.05, 0) is 36.4 Å². The molecule has 1 aliphatic heterocycles. The Hall–Kier alpha value is -3.36. The maximum atomic E-state index is 12.1. The first-order valence-electron chi connectivity index (χ1n) is 7.43. The summed E-state index contributed by atoms with van der Waals surface area (Å²) in [7, 11) is 0. The monoisotopic (exact) mass is 365 g/mol. The molecule has 0 unspecified atom stereocenters. The van der Waals surface area contributed by atoms with E-state index in [4.69, 9.17) is 14.2 Å². The van der Waals surface area contributed by atoms with Gasteiger partial charge in [0.1, 0.15) is 5.75 Å². The number of fused-ring (bicyclic) bond motifs is 1. The fraction of sp³-hybridized carbons (Fsp3) is 0.176. The Balaban J connectivity index is 1.50. The molecular formula is C17H13F2NO6. The molecule has 0 spiro atoms. The van der Waals surface area contributed by atoms with Crippen LogP contribution in [-0.4, -0.2) is 31.9 Å². The second-order valence-corrected chi connectivity index (χ2v) is 5.10. The highest BCUT2D eigenvalue weighted by Gasteiger charge is 2.15. The number of amides is 1. The summed E-state index contributed by atoms with van der Waals surface area (Å²) < 4.78 is 43.5. The van der Waals surface area contributed by atoms with E-state index in [-0.39, 0.29) is 18.1 Å². The average molecular weight is 365 g/mol. The zero-order chi connectivity index (χ0) is 18.5. The normalized spacial score (nSPS) is 12.0. The molecule has 3 rings (SSSR count). The van der Waals surface area contributed by atoms with Crippen LogP contribution in [0.15, 0.2) is 42.5 Å². The number of anilines is 1. The lowest BCUT2D eigenvalue weighted by Gasteiger charge is -2.08. The second-order valence-electron chi connectivity index (χ2n) is 5.10. The Morgan fingerprint density at radius 1 is 1.08 bits per heavy atom. The topological polar surface area (TPSA) is 83.1 Å². The number of halogens is 2. The maximum absolute atomic E-state index is 12.1. The van der Waals surface area contributed by atoms with Crippen LogP contribution in [0.4, 0.5) is 14.5 Å². The van der Waals surface area contributed by atoms with Crippen molar-refractivity contribution >= 4 is 17.6 Å². The summed E-state index contributed by atoms with van der Waals surface area (Å²) in [6, 6.07) is 9.78. The van der Waals surface area contributed by atoms with Gasteiger partial charge in [-0.2, -0.15) is 8.78 Å². The molecule has 1 heterocycles. The number of benzene rings is 2. The number of carbonyl (C=O) groups is 2. The zero-order valence-electron chi connectivity index (χ0n) is 13.2. The maximum Gasteiger partial charge on any atom is 0.387 e. The van der Waals surface area contributed by atoms with E-state index in [2.05, 4.69) is 10.1 Å². The van der Waals surface area contributed by atoms with E-state index >= 15 is 0 Å². The summed E-state index contributed by atoms with van der Waals surface area (Å²) in [6.45, 7) is -3.35. The Bertz CT molecular complexity index is 809. The molecule has 0 aromatic heterocycles. The standard InChI is InChI=1S/C17H13F2NO6/c18-17(19)26-12-4-1-10(2-5-12)16(22)23-8-15(21)20-11-3-6-13-14(7-11)25-9-24-13/h1-7,17H,8-9H2,(H,20,21). The minimum Gasteiger partial charge on any atom is -0.454 e. The molecule has 0 bridgehead atoms. The highest BCUT2D eigenvalue weighted by Crippen LogP contribution is 2.34. The number of carbonyl (C=O) groups excluding carboxylic acids is 2. The van der Waals surface area contributed by atoms with Crippen LogP contribution in [0.3, 0.4) is 0 Å². The van der Waals surface area contributed by atoms with Crippen molar-refractivity contribution in [3.8, 4) is 17.2 Å². The zero-order valence-corrected chi connectivity index (χ0v) is 13.2. The number of rotatable bonds is 6. The number of nitrogens with one attached hydrogen (secondary N) is 1. The summed E-state index contributed by atoms with van der Waals surface area (Å²) >= 11 is 0. The number of alkyl halides is 2. The van der Waals surface area contributed by atoms with Crippen LogP contribution in [0, 0.1) is 0 Å². The van der Waals surface area contributed by atoms with Gasteiger partial charge >= 0.3 is 12.6 Å². The van der Waals surface area contributed by atoms with Crippen molar-refractivity contribution in [2.24, 2.45) is 0 Å². The number of hydrogen-bond donors (Lipinski definition) is 1. The number of hydrogen-bond acceptors (Lipinski definition) is 6. The largest absolute Gasteiger partial charge is 0.454 e. The van der Waals surface area contributed by atoms with E-state index in [1.807, 2.05) is 0 Å². The third-order valence-corrected chi connectivity index (χ3v) is 3.31. The molecule has 1 N–H and O–H groups in total. The van der Waals surface area contributed by atoms with Gasteiger partial charge in [0.15, 0.2) is 18.1 Å². The van der Waals surface area contributed by atoms with E-state index in [9.17, 15) is 18.4 Å². The number of esters is 1. The van der Waals surface area contributed by atoms with Crippen LogP contribution >= 0.6 is 0 Å². The van der Waals surface area contributed by atoms with Crippen molar-refractivity contribution in [1.82, 2.24) is 0 Å². The van der Waals surface area contributed by atoms with Crippen molar-refractivity contribution in [2.45, 2.75) is 6.61 Å². The smallest absolute Gasteiger partial charge is 0.387 e. The lowest BCUT2D eigenvalue weighted by Crippen LogP contribution is -2.20. The summed E-state index contributed by atoms with van der Waals surface area (Å²) in [4.78, 5) is 23.7. The molecule has 2 aromatic carbocycles. The lowest BCUT2D eigenvalue weighted by atomic mass is 10.2. The fourth-order valence-corrected chi connectivity index (χ4v) is 2.16. The molecule has 1 aliphatic rings. The van der Waals surface area contributed by atoms with Crippen molar-refractivity contribution in [3.05, 3.63) is 48.0 Å². The minimum atomic E-state index is -2.95. The van der Waals surface area contributed by atoms with Gasteiger partial charge < -0.3 is 24.3 Å². The molecule has 0 aliphatic carbocycles. The summed E-state index contributed by atoms with van der Waals surface area (Å²) in [6.07, 6.45) is 0. The Kier molecular flexibility index (Phi) is 5.16. The Labute approximate surface area is 146 Å². The molecular weight excluding hydrogens is 352 g/mol. The predicted octanol–water partition coefficient (Wildman–Crippen LogP) is 2.81. The third-order valence-electron chi connectivity index (χ3n) is 3.31. The third kappa shape index (κ3) is 4.38. The van der Waals surface area contributed by atoms with Crippen molar-refractivity contribution in [1.29, 1.82) is 0 Å². The lowest BCUT2D eigenvalue weighted by molar-refractivity contribution is -0.119. The van der Waals surface area contributed by atoms with E-state index in [0.717, 1.165) is 0 Å². The molecule has 0 radical (unpaired) electrons. The van der Waals surface area contributed by atoms with Gasteiger partial charge in [-0.1, -0.05) is 0 Å². The van der Waals surface area contributed by atoms with Crippen LogP contribution in [0.2, 0.25) is 0 Å². The van der Waals surface area contributed by atoms with Crippen molar-refractivity contribution in [2.75, 3.05) is 18.7 Å². The van der Waals surface area contributed by atoms with E-state index in [0.29, 0.717) is 17.2 Å². The van der Waals surface area contributed by atoms with Gasteiger partial charge in [0.25, 0.3) is 5.91 Å². The summed E-state index contributed by atoms with van der Waals surface area (Å²) in [5, 5.41) is 2.55. The summed E-state index contributed by atoms with van der Waals surface area (Å²) in [5.74, 6) is -0.319. The molecule has 136 valence electrons. The first kappa shape index (κ1) is 17.5. The molecule has 9 heteroatoms. The molecule has 0 atom stereocenters. The van der Waals surface area contributed by atoms with Crippen LogP contribution in [0.25, 0.3) is 0 Å². The summed E-state index contributed by atoms with van der Waals surface area (Å²) in [5.41, 5.74) is 0.561. The first-order valence-corrected chi connectivity index (χ1v) is 7.43. The van der Waals surface area contributed by atoms with E-state index in [1.54, 1.807) is 18.2 Å². The van der Waals surface area contributed by atoms with E-state index < -0.39 is 25.1 Å². The van der Waals surface area contributed by atoms with Gasteiger partial charge in [0.05, 0.1) is 5.56 Å². The van der Waals surface area contributed by atoms with Crippen LogP contribution in [0.5, 0.6) is 17.2 Å². The van der Waals surface area contributed by atoms with Crippen molar-refractivity contribution < 1.29 is 37.3 Å². The molecule has 26 heavy (non-hydrogen) atoms. The van der Waals surface area contributed by atoms with Crippen LogP contribution < -0.4 is 19.5 Å². The van der Waals surface area contributed by atoms with Crippen LogP contribution in [0.1, 0.15) is 10.4 Å². The van der Waals surface area contributed by atoms with Gasteiger partial charge in [0, 0.05) is 11.8 Å². The van der Waals surface area contributed by atoms with Gasteiger partial charge in [-0.15, -0.1) is 0 Å². The van der Waals surface area contributed by atoms with Crippen molar-refractivity contribution in [3.63, 3.8) is 0 Å². The molecule has 2 aromatic rings. The molecule has 7 nitrogen and oxygen atoms in total. The highest BCUT2D eigenvalue weighted by molar-refractivity contribution is 5.95. The molecule has 0 fully saturated rings. The average Bonchev–Trinajstić information content (AvgIpc) is 3.07. The Morgan fingerprint density at radius 2 is 1.81 bits per heavy atom. The van der Waals surface area contributed by atoms with E-state index in [1.165, 1.54) is 24.3 Å². The second kappa shape index (κ2) is 7.68. The van der Waals surface area contributed by atoms with Gasteiger partial charge in [0.2, 0.25) is 6.79 Å². The quantitative estimate of drug-likeness (QED) is 0.793. The first-order chi connectivity index (χ1) is 12.5. The highest BCUT2D eigenvalue weighted by atomic mass is 19.3. The van der Waals surface area contributed by atoms with Crippen LogP contribution in [-0.2, 0) is 9.53 Å². The van der Waals surface area contributed by atoms with Gasteiger partial charge in [-0.25, -0.2) is 4.79 Å². The van der Waals surface area contributed by atoms with Gasteiger partial charge in [-0.3, -0.25) is 4.79 Å². The minimum absolute atomic E-state index is 0.0860. The molecule has 0 saturated carbocycles. The fourth-order valence-electron chi connectivity index (χ4n) is 2.16. The predicted molar refractivity (Wildman–Crippen MR) is 84.6 cm³/mol. The SMILES string of the molecule is O=C(COC(=O)c1ccc(OC(F)F)cc1)Nc1ccc2c(c1)OCO2.